The topological polar surface area (TPSA) is 63.1 Å². The van der Waals surface area contributed by atoms with Crippen LogP contribution in [0.2, 0.25) is 0 Å². The fourth-order valence-corrected chi connectivity index (χ4v) is 1.84. The lowest BCUT2D eigenvalue weighted by Crippen LogP contribution is -2.08. The summed E-state index contributed by atoms with van der Waals surface area (Å²) in [7, 11) is 0. The number of fused-ring (bicyclic) bond motifs is 1. The highest BCUT2D eigenvalue weighted by molar-refractivity contribution is 7.13. The zero-order valence-electron chi connectivity index (χ0n) is 7.45. The lowest BCUT2D eigenvalue weighted by Gasteiger charge is -2.04. The summed E-state index contributed by atoms with van der Waals surface area (Å²) >= 11 is 0.801. The van der Waals surface area contributed by atoms with Crippen LogP contribution in [0.15, 0.2) is 12.1 Å². The van der Waals surface area contributed by atoms with Crippen molar-refractivity contribution >= 4 is 27.7 Å². The van der Waals surface area contributed by atoms with E-state index in [2.05, 4.69) is 9.36 Å². The molecule has 8 heteroatoms. The van der Waals surface area contributed by atoms with Crippen LogP contribution < -0.4 is 0 Å². The molecule has 2 aromatic rings. The van der Waals surface area contributed by atoms with Crippen molar-refractivity contribution < 1.29 is 23.1 Å². The van der Waals surface area contributed by atoms with Crippen LogP contribution in [0.5, 0.6) is 0 Å². The molecule has 16 heavy (non-hydrogen) atoms. The van der Waals surface area contributed by atoms with Crippen molar-refractivity contribution in [2.24, 2.45) is 0 Å². The number of pyridine rings is 1. The van der Waals surface area contributed by atoms with Gasteiger partial charge in [0.2, 0.25) is 0 Å². The molecule has 2 heterocycles. The molecule has 0 amide bonds. The summed E-state index contributed by atoms with van der Waals surface area (Å²) in [6.45, 7) is 0. The molecule has 2 rings (SSSR count). The van der Waals surface area contributed by atoms with Crippen LogP contribution >= 0.6 is 11.5 Å². The van der Waals surface area contributed by atoms with E-state index in [0.29, 0.717) is 4.70 Å². The van der Waals surface area contributed by atoms with Crippen LogP contribution in [0.4, 0.5) is 13.2 Å². The zero-order chi connectivity index (χ0) is 11.9. The second-order valence-electron chi connectivity index (χ2n) is 2.88. The van der Waals surface area contributed by atoms with Gasteiger partial charge in [0.25, 0.3) is 0 Å². The van der Waals surface area contributed by atoms with Crippen molar-refractivity contribution in [1.29, 1.82) is 0 Å². The molecule has 0 spiro atoms. The Morgan fingerprint density at radius 2 is 2.06 bits per heavy atom. The number of halogens is 3. The second-order valence-corrected chi connectivity index (χ2v) is 3.68. The van der Waals surface area contributed by atoms with Gasteiger partial charge in [0, 0.05) is 0 Å². The molecule has 0 aliphatic heterocycles. The standard InChI is InChI=1S/C8H3F3N2O2S/c9-8(10,11)4-2-1-3-5(12-4)6(7(14)15)13-16-3/h1-2H,(H,14,15). The number of carboxylic acids is 1. The predicted octanol–water partition coefficient (Wildman–Crippen LogP) is 2.41. The number of hydrogen-bond acceptors (Lipinski definition) is 4. The van der Waals surface area contributed by atoms with E-state index in [4.69, 9.17) is 5.11 Å². The van der Waals surface area contributed by atoms with Crippen LogP contribution in [0.1, 0.15) is 16.2 Å². The highest BCUT2D eigenvalue weighted by Gasteiger charge is 2.33. The number of alkyl halides is 3. The molecule has 0 fully saturated rings. The molecule has 0 atom stereocenters. The second kappa shape index (κ2) is 3.41. The van der Waals surface area contributed by atoms with E-state index in [1.165, 1.54) is 0 Å². The van der Waals surface area contributed by atoms with Crippen LogP contribution in [0.25, 0.3) is 10.2 Å². The van der Waals surface area contributed by atoms with Gasteiger partial charge in [-0.1, -0.05) is 0 Å². The van der Waals surface area contributed by atoms with Crippen LogP contribution in [0.3, 0.4) is 0 Å². The Bertz CT molecular complexity index is 564. The molecular formula is C8H3F3N2O2S. The average molecular weight is 248 g/mol. The van der Waals surface area contributed by atoms with Crippen molar-refractivity contribution in [3.63, 3.8) is 0 Å². The van der Waals surface area contributed by atoms with E-state index in [1.807, 2.05) is 0 Å². The molecular weight excluding hydrogens is 245 g/mol. The summed E-state index contributed by atoms with van der Waals surface area (Å²) in [4.78, 5) is 13.9. The number of carboxylic acid groups (broad SMARTS) is 1. The van der Waals surface area contributed by atoms with Crippen molar-refractivity contribution in [2.75, 3.05) is 0 Å². The summed E-state index contributed by atoms with van der Waals surface area (Å²) in [5.74, 6) is -1.39. The Hall–Kier alpha value is -1.70. The van der Waals surface area contributed by atoms with Gasteiger partial charge in [-0.3, -0.25) is 0 Å². The Balaban J connectivity index is 2.68. The maximum absolute atomic E-state index is 12.3. The van der Waals surface area contributed by atoms with Crippen molar-refractivity contribution in [1.82, 2.24) is 9.36 Å². The SMILES string of the molecule is O=C(O)c1nsc2ccc(C(F)(F)F)nc12. The first-order valence-electron chi connectivity index (χ1n) is 3.96. The van der Waals surface area contributed by atoms with E-state index in [-0.39, 0.29) is 5.52 Å². The molecule has 4 nitrogen and oxygen atoms in total. The molecule has 0 aromatic carbocycles. The number of rotatable bonds is 1. The lowest BCUT2D eigenvalue weighted by atomic mass is 10.3. The smallest absolute Gasteiger partial charge is 0.433 e. The van der Waals surface area contributed by atoms with E-state index >= 15 is 0 Å². The van der Waals surface area contributed by atoms with Gasteiger partial charge < -0.3 is 5.11 Å². The minimum Gasteiger partial charge on any atom is -0.476 e. The van der Waals surface area contributed by atoms with Gasteiger partial charge >= 0.3 is 12.1 Å². The fraction of sp³-hybridized carbons (Fsp3) is 0.125. The highest BCUT2D eigenvalue weighted by atomic mass is 32.1. The molecule has 0 saturated carbocycles. The monoisotopic (exact) mass is 248 g/mol. The number of hydrogen-bond donors (Lipinski definition) is 1. The first kappa shape index (κ1) is 10.8. The molecule has 0 saturated heterocycles. The van der Waals surface area contributed by atoms with Gasteiger partial charge in [-0.15, -0.1) is 0 Å². The fourth-order valence-electron chi connectivity index (χ4n) is 1.13. The number of aromatic carboxylic acids is 1. The number of nitrogens with zero attached hydrogens (tertiary/aromatic N) is 2. The maximum Gasteiger partial charge on any atom is 0.433 e. The molecule has 1 N–H and O–H groups in total. The van der Waals surface area contributed by atoms with Crippen LogP contribution in [0, 0.1) is 0 Å². The quantitative estimate of drug-likeness (QED) is 0.841. The van der Waals surface area contributed by atoms with E-state index < -0.39 is 23.5 Å². The van der Waals surface area contributed by atoms with Gasteiger partial charge in [0.1, 0.15) is 11.2 Å². The Labute approximate surface area is 90.5 Å². The van der Waals surface area contributed by atoms with E-state index in [0.717, 1.165) is 23.7 Å². The zero-order valence-corrected chi connectivity index (χ0v) is 8.26. The van der Waals surface area contributed by atoms with Gasteiger partial charge in [-0.05, 0) is 23.7 Å². The number of carbonyl (C=O) groups is 1. The van der Waals surface area contributed by atoms with Crippen LogP contribution in [-0.2, 0) is 6.18 Å². The normalized spacial score (nSPS) is 11.9. The summed E-state index contributed by atoms with van der Waals surface area (Å²) in [6, 6.07) is 1.96. The first-order chi connectivity index (χ1) is 7.39. The Morgan fingerprint density at radius 3 is 2.62 bits per heavy atom. The molecule has 0 aliphatic carbocycles. The van der Waals surface area contributed by atoms with Gasteiger partial charge in [-0.25, -0.2) is 9.78 Å². The Kier molecular flexibility index (Phi) is 2.30. The molecule has 0 unspecified atom stereocenters. The van der Waals surface area contributed by atoms with E-state index in [1.54, 1.807) is 0 Å². The summed E-state index contributed by atoms with van der Waals surface area (Å²) in [5, 5.41) is 8.69. The highest BCUT2D eigenvalue weighted by Crippen LogP contribution is 2.30. The first-order valence-corrected chi connectivity index (χ1v) is 4.74. The summed E-state index contributed by atoms with van der Waals surface area (Å²) in [5.41, 5.74) is -1.80. The minimum atomic E-state index is -4.59. The third-order valence-corrected chi connectivity index (χ3v) is 2.61. The summed E-state index contributed by atoms with van der Waals surface area (Å²) in [6.07, 6.45) is -4.59. The van der Waals surface area contributed by atoms with Crippen LogP contribution in [-0.4, -0.2) is 20.4 Å². The van der Waals surface area contributed by atoms with Crippen molar-refractivity contribution in [2.45, 2.75) is 6.18 Å². The van der Waals surface area contributed by atoms with E-state index in [9.17, 15) is 18.0 Å². The van der Waals surface area contributed by atoms with Gasteiger partial charge in [0.15, 0.2) is 5.69 Å². The third kappa shape index (κ3) is 1.71. The summed E-state index contributed by atoms with van der Waals surface area (Å²) < 4.78 is 40.8. The third-order valence-electron chi connectivity index (χ3n) is 1.81. The van der Waals surface area contributed by atoms with Crippen molar-refractivity contribution in [3.8, 4) is 0 Å². The largest absolute Gasteiger partial charge is 0.476 e. The number of aromatic nitrogens is 2. The minimum absolute atomic E-state index is 0.229. The maximum atomic E-state index is 12.3. The Morgan fingerprint density at radius 1 is 1.38 bits per heavy atom. The molecule has 0 radical (unpaired) electrons. The van der Waals surface area contributed by atoms with Gasteiger partial charge in [0.05, 0.1) is 4.70 Å². The molecule has 2 aromatic heterocycles. The average Bonchev–Trinajstić information content (AvgIpc) is 2.58. The predicted molar refractivity (Wildman–Crippen MR) is 49.4 cm³/mol. The molecule has 0 aliphatic rings. The van der Waals surface area contributed by atoms with Gasteiger partial charge in [-0.2, -0.15) is 17.5 Å². The lowest BCUT2D eigenvalue weighted by molar-refractivity contribution is -0.140. The molecule has 84 valence electrons. The van der Waals surface area contributed by atoms with Crippen molar-refractivity contribution in [3.05, 3.63) is 23.5 Å². The molecule has 0 bridgehead atoms.